The Morgan fingerprint density at radius 3 is 1.84 bits per heavy atom. The SMILES string of the molecule is COCCN1CCC(C(CC2CCN(CCS(C)(=O)=O)CC2)CC2CCCN(CCS(C)(=O)=O)C2)CC1. The maximum atomic E-state index is 11.7. The Morgan fingerprint density at radius 2 is 1.24 bits per heavy atom. The number of hydrogen-bond acceptors (Lipinski definition) is 8. The topological polar surface area (TPSA) is 87.2 Å². The van der Waals surface area contributed by atoms with Crippen molar-refractivity contribution in [2.75, 3.05) is 96.6 Å². The molecule has 3 fully saturated rings. The molecule has 0 bridgehead atoms. The lowest BCUT2D eigenvalue weighted by Gasteiger charge is -2.41. The average Bonchev–Trinajstić information content (AvgIpc) is 2.85. The molecule has 0 amide bonds. The number of sulfone groups is 2. The van der Waals surface area contributed by atoms with Gasteiger partial charge in [0.15, 0.2) is 0 Å². The smallest absolute Gasteiger partial charge is 0.148 e. The lowest BCUT2D eigenvalue weighted by Crippen LogP contribution is -2.42. The fraction of sp³-hybridized carbons (Fsp3) is 1.00. The van der Waals surface area contributed by atoms with Crippen LogP contribution in [0, 0.1) is 23.7 Å². The number of piperidine rings is 3. The quantitative estimate of drug-likeness (QED) is 0.318. The second-order valence-corrected chi connectivity index (χ2v) is 16.8. The van der Waals surface area contributed by atoms with Gasteiger partial charge < -0.3 is 19.4 Å². The average molecular weight is 564 g/mol. The second kappa shape index (κ2) is 14.9. The fourth-order valence-corrected chi connectivity index (χ4v) is 7.97. The predicted octanol–water partition coefficient (Wildman–Crippen LogP) is 2.25. The van der Waals surface area contributed by atoms with Crippen molar-refractivity contribution in [3.8, 4) is 0 Å². The van der Waals surface area contributed by atoms with Crippen molar-refractivity contribution in [1.29, 1.82) is 0 Å². The maximum Gasteiger partial charge on any atom is 0.148 e. The standard InChI is InChI=1S/C27H53N3O5S2/c1-35-18-15-28-13-8-26(9-14-28)27(21-24-6-11-29(12-7-24)16-19-36(2,31)32)22-25-5-4-10-30(23-25)17-20-37(3,33)34/h24-27H,4-23H2,1-3H3. The van der Waals surface area contributed by atoms with Gasteiger partial charge in [-0.15, -0.1) is 0 Å². The van der Waals surface area contributed by atoms with E-state index in [0.717, 1.165) is 57.1 Å². The van der Waals surface area contributed by atoms with Crippen LogP contribution < -0.4 is 0 Å². The Hall–Kier alpha value is -0.260. The summed E-state index contributed by atoms with van der Waals surface area (Å²) in [5.74, 6) is 3.43. The van der Waals surface area contributed by atoms with Crippen LogP contribution in [0.2, 0.25) is 0 Å². The van der Waals surface area contributed by atoms with Crippen LogP contribution in [0.25, 0.3) is 0 Å². The molecule has 37 heavy (non-hydrogen) atoms. The van der Waals surface area contributed by atoms with Crippen molar-refractivity contribution in [3.05, 3.63) is 0 Å². The monoisotopic (exact) mass is 563 g/mol. The van der Waals surface area contributed by atoms with E-state index in [4.69, 9.17) is 4.74 Å². The van der Waals surface area contributed by atoms with Gasteiger partial charge >= 0.3 is 0 Å². The number of rotatable bonds is 14. The van der Waals surface area contributed by atoms with E-state index in [0.29, 0.717) is 19.0 Å². The van der Waals surface area contributed by atoms with Crippen LogP contribution in [0.3, 0.4) is 0 Å². The van der Waals surface area contributed by atoms with Gasteiger partial charge in [-0.1, -0.05) is 0 Å². The van der Waals surface area contributed by atoms with Crippen LogP contribution in [0.5, 0.6) is 0 Å². The molecule has 0 aromatic heterocycles. The summed E-state index contributed by atoms with van der Waals surface area (Å²) < 4.78 is 51.8. The van der Waals surface area contributed by atoms with Crippen molar-refractivity contribution in [2.45, 2.75) is 51.4 Å². The van der Waals surface area contributed by atoms with Gasteiger partial charge in [0.25, 0.3) is 0 Å². The van der Waals surface area contributed by atoms with Crippen LogP contribution in [0.4, 0.5) is 0 Å². The van der Waals surface area contributed by atoms with Gasteiger partial charge in [0.2, 0.25) is 0 Å². The van der Waals surface area contributed by atoms with Crippen LogP contribution >= 0.6 is 0 Å². The highest BCUT2D eigenvalue weighted by Crippen LogP contribution is 2.38. The normalized spacial score (nSPS) is 25.4. The summed E-state index contributed by atoms with van der Waals surface area (Å²) in [5, 5.41) is 0. The van der Waals surface area contributed by atoms with Gasteiger partial charge in [-0.05, 0) is 108 Å². The first-order valence-corrected chi connectivity index (χ1v) is 18.6. The number of hydrogen-bond donors (Lipinski definition) is 0. The highest BCUT2D eigenvalue weighted by molar-refractivity contribution is 7.90. The first-order chi connectivity index (χ1) is 17.5. The Morgan fingerprint density at radius 1 is 0.703 bits per heavy atom. The van der Waals surface area contributed by atoms with E-state index in [1.165, 1.54) is 77.0 Å². The zero-order valence-electron chi connectivity index (χ0n) is 23.7. The maximum absolute atomic E-state index is 11.7. The third-order valence-electron chi connectivity index (χ3n) is 9.05. The van der Waals surface area contributed by atoms with Crippen molar-refractivity contribution in [3.63, 3.8) is 0 Å². The fourth-order valence-electron chi connectivity index (χ4n) is 6.79. The molecule has 0 spiro atoms. The van der Waals surface area contributed by atoms with Crippen molar-refractivity contribution >= 4 is 19.7 Å². The van der Waals surface area contributed by atoms with Gasteiger partial charge in [-0.2, -0.15) is 0 Å². The van der Waals surface area contributed by atoms with Crippen molar-refractivity contribution in [2.24, 2.45) is 23.7 Å². The van der Waals surface area contributed by atoms with E-state index in [9.17, 15) is 16.8 Å². The molecule has 0 radical (unpaired) electrons. The molecule has 0 aromatic carbocycles. The second-order valence-electron chi connectivity index (χ2n) is 12.3. The first-order valence-electron chi connectivity index (χ1n) is 14.5. The predicted molar refractivity (Wildman–Crippen MR) is 152 cm³/mol. The Labute approximate surface area is 227 Å². The summed E-state index contributed by atoms with van der Waals surface area (Å²) in [6, 6.07) is 0. The molecule has 0 saturated carbocycles. The summed E-state index contributed by atoms with van der Waals surface area (Å²) in [6.07, 6.45) is 12.6. The number of nitrogens with zero attached hydrogens (tertiary/aromatic N) is 3. The molecule has 10 heteroatoms. The zero-order chi connectivity index (χ0) is 26.9. The summed E-state index contributed by atoms with van der Waals surface area (Å²) in [5.41, 5.74) is 0. The molecule has 2 atom stereocenters. The first kappa shape index (κ1) is 31.3. The van der Waals surface area contributed by atoms with Crippen molar-refractivity contribution < 1.29 is 21.6 Å². The lowest BCUT2D eigenvalue weighted by atomic mass is 9.72. The zero-order valence-corrected chi connectivity index (χ0v) is 25.3. The molecule has 3 heterocycles. The molecule has 3 aliphatic heterocycles. The summed E-state index contributed by atoms with van der Waals surface area (Å²) in [6.45, 7) is 9.61. The molecule has 218 valence electrons. The Bertz CT molecular complexity index is 866. The molecule has 3 saturated heterocycles. The van der Waals surface area contributed by atoms with Crippen molar-refractivity contribution in [1.82, 2.24) is 14.7 Å². The van der Waals surface area contributed by atoms with E-state index in [2.05, 4.69) is 14.7 Å². The molecule has 0 aromatic rings. The van der Waals surface area contributed by atoms with Gasteiger partial charge in [-0.25, -0.2) is 16.8 Å². The van der Waals surface area contributed by atoms with Gasteiger partial charge in [-0.3, -0.25) is 0 Å². The summed E-state index contributed by atoms with van der Waals surface area (Å²) in [4.78, 5) is 7.27. The Balaban J connectivity index is 1.55. The van der Waals surface area contributed by atoms with E-state index < -0.39 is 19.7 Å². The van der Waals surface area contributed by atoms with E-state index >= 15 is 0 Å². The Kier molecular flexibility index (Phi) is 12.6. The molecule has 0 N–H and O–H groups in total. The molecular formula is C27H53N3O5S2. The van der Waals surface area contributed by atoms with E-state index in [1.807, 2.05) is 0 Å². The van der Waals surface area contributed by atoms with Gasteiger partial charge in [0.05, 0.1) is 18.1 Å². The van der Waals surface area contributed by atoms with Crippen LogP contribution in [-0.2, 0) is 24.4 Å². The number of likely N-dealkylation sites (tertiary alicyclic amines) is 3. The van der Waals surface area contributed by atoms with Crippen LogP contribution in [0.15, 0.2) is 0 Å². The van der Waals surface area contributed by atoms with Crippen LogP contribution in [0.1, 0.15) is 51.4 Å². The molecule has 2 unspecified atom stereocenters. The highest BCUT2D eigenvalue weighted by Gasteiger charge is 2.33. The molecule has 3 aliphatic rings. The molecule has 0 aliphatic carbocycles. The van der Waals surface area contributed by atoms with Gasteiger partial charge in [0, 0.05) is 45.8 Å². The highest BCUT2D eigenvalue weighted by atomic mass is 32.2. The van der Waals surface area contributed by atoms with Gasteiger partial charge in [0.1, 0.15) is 19.7 Å². The molecule has 3 rings (SSSR count). The minimum absolute atomic E-state index is 0.263. The lowest BCUT2D eigenvalue weighted by molar-refractivity contribution is 0.0739. The minimum atomic E-state index is -2.92. The minimum Gasteiger partial charge on any atom is -0.383 e. The summed E-state index contributed by atoms with van der Waals surface area (Å²) >= 11 is 0. The third-order valence-corrected chi connectivity index (χ3v) is 10.9. The number of methoxy groups -OCH3 is 1. The third kappa shape index (κ3) is 12.2. The van der Waals surface area contributed by atoms with Crippen LogP contribution in [-0.4, -0.2) is 128 Å². The molecular weight excluding hydrogens is 510 g/mol. The summed E-state index contributed by atoms with van der Waals surface area (Å²) in [7, 11) is -4.05. The molecule has 8 nitrogen and oxygen atoms in total. The number of ether oxygens (including phenoxy) is 1. The van der Waals surface area contributed by atoms with E-state index in [-0.39, 0.29) is 11.5 Å². The largest absolute Gasteiger partial charge is 0.383 e. The van der Waals surface area contributed by atoms with E-state index in [1.54, 1.807) is 7.11 Å².